The zero-order valence-corrected chi connectivity index (χ0v) is 18.9. The summed E-state index contributed by atoms with van der Waals surface area (Å²) in [6.45, 7) is 6.81. The van der Waals surface area contributed by atoms with Crippen LogP contribution >= 0.6 is 11.6 Å². The van der Waals surface area contributed by atoms with Crippen LogP contribution in [0.2, 0.25) is 5.02 Å². The van der Waals surface area contributed by atoms with E-state index in [4.69, 9.17) is 21.1 Å². The quantitative estimate of drug-likeness (QED) is 0.628. The Balaban J connectivity index is 1.78. The summed E-state index contributed by atoms with van der Waals surface area (Å²) in [6, 6.07) is 3.95. The van der Waals surface area contributed by atoms with Gasteiger partial charge in [0.05, 0.1) is 22.8 Å². The van der Waals surface area contributed by atoms with Crippen molar-refractivity contribution >= 4 is 33.5 Å². The maximum Gasteiger partial charge on any atom is 0.338 e. The Labute approximate surface area is 182 Å². The molecule has 0 saturated carbocycles. The van der Waals surface area contributed by atoms with Crippen molar-refractivity contribution in [2.24, 2.45) is 0 Å². The van der Waals surface area contributed by atoms with Crippen LogP contribution < -0.4 is 0 Å². The van der Waals surface area contributed by atoms with Crippen LogP contribution in [0.25, 0.3) is 0 Å². The van der Waals surface area contributed by atoms with Gasteiger partial charge < -0.3 is 14.4 Å². The first-order chi connectivity index (χ1) is 14.1. The zero-order chi connectivity index (χ0) is 22.1. The van der Waals surface area contributed by atoms with Gasteiger partial charge in [0.15, 0.2) is 6.10 Å². The van der Waals surface area contributed by atoms with Crippen molar-refractivity contribution in [3.05, 3.63) is 28.8 Å². The largest absolute Gasteiger partial charge is 0.449 e. The molecule has 2 aliphatic rings. The Morgan fingerprint density at radius 3 is 2.37 bits per heavy atom. The molecule has 1 aromatic rings. The van der Waals surface area contributed by atoms with Crippen LogP contribution in [0.5, 0.6) is 0 Å². The molecule has 3 atom stereocenters. The number of carbonyl (C=O) groups excluding carboxylic acids is 2. The van der Waals surface area contributed by atoms with Gasteiger partial charge in [-0.2, -0.15) is 4.31 Å². The fraction of sp³-hybridized carbons (Fsp3) is 0.600. The van der Waals surface area contributed by atoms with Crippen molar-refractivity contribution in [2.45, 2.75) is 56.8 Å². The standard InChI is InChI=1S/C20H27ClN2O6S/c1-13-11-23(12-14(2)28-13)30(26,27)18-10-16(6-7-17(18)21)20(25)29-15(3)19(24)22-8-4-5-9-22/h6-7,10,13-15H,4-5,8-9,11-12H2,1-3H3. The minimum Gasteiger partial charge on any atom is -0.449 e. The second-order valence-corrected chi connectivity index (χ2v) is 10.1. The molecule has 8 nitrogen and oxygen atoms in total. The SMILES string of the molecule is CC1CN(S(=O)(=O)c2cc(C(=O)OC(C)C(=O)N3CCCC3)ccc2Cl)CC(C)O1. The molecular formula is C20H27ClN2O6S. The number of likely N-dealkylation sites (tertiary alicyclic amines) is 1. The number of hydrogen-bond donors (Lipinski definition) is 0. The highest BCUT2D eigenvalue weighted by atomic mass is 35.5. The van der Waals surface area contributed by atoms with Gasteiger partial charge in [-0.25, -0.2) is 13.2 Å². The summed E-state index contributed by atoms with van der Waals surface area (Å²) < 4.78 is 38.5. The van der Waals surface area contributed by atoms with Crippen molar-refractivity contribution in [3.63, 3.8) is 0 Å². The number of esters is 1. The predicted octanol–water partition coefficient (Wildman–Crippen LogP) is 2.31. The zero-order valence-electron chi connectivity index (χ0n) is 17.3. The van der Waals surface area contributed by atoms with E-state index in [1.807, 2.05) is 0 Å². The molecule has 10 heteroatoms. The monoisotopic (exact) mass is 458 g/mol. The van der Waals surface area contributed by atoms with E-state index in [-0.39, 0.29) is 46.7 Å². The summed E-state index contributed by atoms with van der Waals surface area (Å²) in [7, 11) is -3.93. The minimum atomic E-state index is -3.93. The second kappa shape index (κ2) is 9.21. The number of halogens is 1. The maximum absolute atomic E-state index is 13.2. The maximum atomic E-state index is 13.2. The fourth-order valence-corrected chi connectivity index (χ4v) is 5.86. The average Bonchev–Trinajstić information content (AvgIpc) is 3.21. The van der Waals surface area contributed by atoms with E-state index >= 15 is 0 Å². The van der Waals surface area contributed by atoms with Gasteiger partial charge in [0.2, 0.25) is 10.0 Å². The van der Waals surface area contributed by atoms with Gasteiger partial charge in [-0.15, -0.1) is 0 Å². The third-order valence-corrected chi connectivity index (χ3v) is 7.53. The molecule has 2 saturated heterocycles. The van der Waals surface area contributed by atoms with Gasteiger partial charge in [-0.05, 0) is 51.8 Å². The number of hydrogen-bond acceptors (Lipinski definition) is 6. The lowest BCUT2D eigenvalue weighted by atomic mass is 10.2. The number of morpholine rings is 1. The van der Waals surface area contributed by atoms with Crippen LogP contribution in [0.1, 0.15) is 44.0 Å². The Bertz CT molecular complexity index is 906. The van der Waals surface area contributed by atoms with Crippen LogP contribution in [0.4, 0.5) is 0 Å². The molecule has 3 rings (SSSR count). The molecule has 3 unspecified atom stereocenters. The molecule has 0 bridgehead atoms. The number of nitrogens with zero attached hydrogens (tertiary/aromatic N) is 2. The van der Waals surface area contributed by atoms with E-state index in [9.17, 15) is 18.0 Å². The van der Waals surface area contributed by atoms with E-state index in [0.29, 0.717) is 13.1 Å². The summed E-state index contributed by atoms with van der Waals surface area (Å²) >= 11 is 6.17. The van der Waals surface area contributed by atoms with Crippen molar-refractivity contribution in [1.29, 1.82) is 0 Å². The number of carbonyl (C=O) groups is 2. The van der Waals surface area contributed by atoms with E-state index in [2.05, 4.69) is 0 Å². The first-order valence-electron chi connectivity index (χ1n) is 10.0. The van der Waals surface area contributed by atoms with E-state index < -0.39 is 22.1 Å². The Morgan fingerprint density at radius 2 is 1.77 bits per heavy atom. The number of rotatable bonds is 5. The van der Waals surface area contributed by atoms with Gasteiger partial charge in [0, 0.05) is 26.2 Å². The molecule has 0 aromatic heterocycles. The highest BCUT2D eigenvalue weighted by molar-refractivity contribution is 7.89. The molecule has 30 heavy (non-hydrogen) atoms. The van der Waals surface area contributed by atoms with Crippen LogP contribution in [0, 0.1) is 0 Å². The Hall–Kier alpha value is -1.68. The third kappa shape index (κ3) is 4.96. The molecule has 0 aliphatic carbocycles. The second-order valence-electron chi connectivity index (χ2n) is 7.80. The highest BCUT2D eigenvalue weighted by Gasteiger charge is 2.34. The van der Waals surface area contributed by atoms with Crippen molar-refractivity contribution in [2.75, 3.05) is 26.2 Å². The smallest absolute Gasteiger partial charge is 0.338 e. The van der Waals surface area contributed by atoms with Crippen LogP contribution in [0.15, 0.2) is 23.1 Å². The molecule has 0 radical (unpaired) electrons. The van der Waals surface area contributed by atoms with Crippen molar-refractivity contribution in [3.8, 4) is 0 Å². The molecule has 166 valence electrons. The molecule has 1 amide bonds. The van der Waals surface area contributed by atoms with Gasteiger partial charge in [0.1, 0.15) is 4.90 Å². The first kappa shape index (κ1) is 23.0. The lowest BCUT2D eigenvalue weighted by Gasteiger charge is -2.34. The lowest BCUT2D eigenvalue weighted by Crippen LogP contribution is -2.48. The number of benzene rings is 1. The summed E-state index contributed by atoms with van der Waals surface area (Å²) in [4.78, 5) is 26.4. The highest BCUT2D eigenvalue weighted by Crippen LogP contribution is 2.28. The van der Waals surface area contributed by atoms with E-state index in [0.717, 1.165) is 12.8 Å². The van der Waals surface area contributed by atoms with Crippen LogP contribution in [-0.2, 0) is 24.3 Å². The summed E-state index contributed by atoms with van der Waals surface area (Å²) in [5.41, 5.74) is 0.0217. The molecule has 0 N–H and O–H groups in total. The fourth-order valence-electron chi connectivity index (χ4n) is 3.77. The van der Waals surface area contributed by atoms with Gasteiger partial charge >= 0.3 is 5.97 Å². The molecule has 0 spiro atoms. The van der Waals surface area contributed by atoms with Crippen molar-refractivity contribution in [1.82, 2.24) is 9.21 Å². The van der Waals surface area contributed by atoms with Gasteiger partial charge in [-0.1, -0.05) is 11.6 Å². The number of sulfonamides is 1. The topological polar surface area (TPSA) is 93.2 Å². The normalized spacial score (nSPS) is 23.9. The lowest BCUT2D eigenvalue weighted by molar-refractivity contribution is -0.138. The molecule has 1 aromatic carbocycles. The first-order valence-corrected chi connectivity index (χ1v) is 11.9. The minimum absolute atomic E-state index is 0.0135. The Morgan fingerprint density at radius 1 is 1.17 bits per heavy atom. The Kier molecular flexibility index (Phi) is 7.06. The summed E-state index contributed by atoms with van der Waals surface area (Å²) in [5, 5.41) is 0.0135. The van der Waals surface area contributed by atoms with E-state index in [1.54, 1.807) is 18.7 Å². The molecule has 2 heterocycles. The van der Waals surface area contributed by atoms with Crippen LogP contribution in [-0.4, -0.2) is 74.0 Å². The average molecular weight is 459 g/mol. The summed E-state index contributed by atoms with van der Waals surface area (Å²) in [5.74, 6) is -1.02. The molecule has 2 aliphatic heterocycles. The molecular weight excluding hydrogens is 432 g/mol. The van der Waals surface area contributed by atoms with Crippen molar-refractivity contribution < 1.29 is 27.5 Å². The van der Waals surface area contributed by atoms with Gasteiger partial charge in [0.25, 0.3) is 5.91 Å². The number of amides is 1. The third-order valence-electron chi connectivity index (χ3n) is 5.22. The summed E-state index contributed by atoms with van der Waals surface area (Å²) in [6.07, 6.45) is 0.403. The number of ether oxygens (including phenoxy) is 2. The predicted molar refractivity (Wildman–Crippen MR) is 111 cm³/mol. The van der Waals surface area contributed by atoms with E-state index in [1.165, 1.54) is 29.4 Å². The molecule has 2 fully saturated rings. The van der Waals surface area contributed by atoms with Crippen LogP contribution in [0.3, 0.4) is 0 Å². The van der Waals surface area contributed by atoms with Gasteiger partial charge in [-0.3, -0.25) is 4.79 Å².